The first kappa shape index (κ1) is 12.8. The van der Waals surface area contributed by atoms with Crippen molar-refractivity contribution in [3.05, 3.63) is 53.8 Å². The molecule has 0 spiro atoms. The van der Waals surface area contributed by atoms with Crippen LogP contribution in [0.5, 0.6) is 11.5 Å². The predicted octanol–water partition coefficient (Wildman–Crippen LogP) is 2.97. The van der Waals surface area contributed by atoms with E-state index < -0.39 is 0 Å². The van der Waals surface area contributed by atoms with Gasteiger partial charge >= 0.3 is 0 Å². The molecule has 3 nitrogen and oxygen atoms in total. The van der Waals surface area contributed by atoms with Crippen LogP contribution in [0.15, 0.2) is 42.5 Å². The Morgan fingerprint density at radius 2 is 2.15 bits per heavy atom. The topological polar surface area (TPSA) is 32.7 Å². The van der Waals surface area contributed by atoms with E-state index in [2.05, 4.69) is 4.90 Å². The molecule has 20 heavy (non-hydrogen) atoms. The summed E-state index contributed by atoms with van der Waals surface area (Å²) >= 11 is 0. The molecule has 0 saturated heterocycles. The molecule has 0 saturated carbocycles. The van der Waals surface area contributed by atoms with Gasteiger partial charge in [0.15, 0.2) is 0 Å². The van der Waals surface area contributed by atoms with Gasteiger partial charge in [0.05, 0.1) is 12.2 Å². The minimum absolute atomic E-state index is 0.0592. The number of halogens is 1. The Labute approximate surface area is 117 Å². The number of nitrogens with zero attached hydrogens (tertiary/aromatic N) is 1. The molecular weight excluding hydrogens is 257 g/mol. The predicted molar refractivity (Wildman–Crippen MR) is 75.9 cm³/mol. The van der Waals surface area contributed by atoms with E-state index in [0.717, 1.165) is 17.8 Å². The standard InChI is InChI=1S/C16H16FNO2/c1-18-10-14(8-11-3-2-4-12(17)7-11)20-16-9-13(19)5-6-15(16)18/h2-7,9,14,19H,8,10H2,1H3. The first-order valence-electron chi connectivity index (χ1n) is 6.57. The lowest BCUT2D eigenvalue weighted by molar-refractivity contribution is 0.195. The minimum atomic E-state index is -0.232. The first-order valence-corrected chi connectivity index (χ1v) is 6.57. The molecule has 1 unspecified atom stereocenters. The fourth-order valence-electron chi connectivity index (χ4n) is 2.57. The van der Waals surface area contributed by atoms with E-state index in [0.29, 0.717) is 12.2 Å². The van der Waals surface area contributed by atoms with Crippen LogP contribution in [0.3, 0.4) is 0 Å². The van der Waals surface area contributed by atoms with Crippen molar-refractivity contribution in [3.8, 4) is 11.5 Å². The van der Waals surface area contributed by atoms with Gasteiger partial charge in [-0.1, -0.05) is 12.1 Å². The van der Waals surface area contributed by atoms with Crippen LogP contribution in [0.1, 0.15) is 5.56 Å². The zero-order chi connectivity index (χ0) is 14.1. The summed E-state index contributed by atoms with van der Waals surface area (Å²) in [6.07, 6.45) is 0.577. The number of rotatable bonds is 2. The molecule has 0 aliphatic carbocycles. The molecule has 3 rings (SSSR count). The molecule has 0 bridgehead atoms. The average molecular weight is 273 g/mol. The van der Waals surface area contributed by atoms with Gasteiger partial charge in [-0.2, -0.15) is 0 Å². The van der Waals surface area contributed by atoms with Gasteiger partial charge in [-0.25, -0.2) is 4.39 Å². The van der Waals surface area contributed by atoms with E-state index in [9.17, 15) is 9.50 Å². The summed E-state index contributed by atoms with van der Waals surface area (Å²) in [5.74, 6) is 0.619. The lowest BCUT2D eigenvalue weighted by atomic mass is 10.1. The van der Waals surface area contributed by atoms with Crippen LogP contribution in [-0.2, 0) is 6.42 Å². The van der Waals surface area contributed by atoms with E-state index >= 15 is 0 Å². The van der Waals surface area contributed by atoms with Crippen molar-refractivity contribution in [1.82, 2.24) is 0 Å². The molecule has 0 radical (unpaired) electrons. The molecule has 1 aliphatic rings. The van der Waals surface area contributed by atoms with Crippen molar-refractivity contribution < 1.29 is 14.2 Å². The lowest BCUT2D eigenvalue weighted by Gasteiger charge is -2.34. The molecule has 0 fully saturated rings. The van der Waals surface area contributed by atoms with Crippen molar-refractivity contribution in [2.75, 3.05) is 18.5 Å². The summed E-state index contributed by atoms with van der Waals surface area (Å²) in [7, 11) is 1.98. The number of phenols is 1. The van der Waals surface area contributed by atoms with Crippen LogP contribution >= 0.6 is 0 Å². The van der Waals surface area contributed by atoms with E-state index in [1.807, 2.05) is 19.2 Å². The van der Waals surface area contributed by atoms with Gasteiger partial charge in [0.25, 0.3) is 0 Å². The Balaban J connectivity index is 1.80. The Hall–Kier alpha value is -2.23. The smallest absolute Gasteiger partial charge is 0.146 e. The molecule has 4 heteroatoms. The van der Waals surface area contributed by atoms with Crippen LogP contribution in [0.4, 0.5) is 10.1 Å². The average Bonchev–Trinajstić information content (AvgIpc) is 2.38. The van der Waals surface area contributed by atoms with Crippen LogP contribution in [0.25, 0.3) is 0 Å². The molecule has 1 N–H and O–H groups in total. The highest BCUT2D eigenvalue weighted by Gasteiger charge is 2.24. The second-order valence-electron chi connectivity index (χ2n) is 5.11. The zero-order valence-corrected chi connectivity index (χ0v) is 11.2. The summed E-state index contributed by atoms with van der Waals surface area (Å²) in [6.45, 7) is 0.730. The summed E-state index contributed by atoms with van der Waals surface area (Å²) in [5.41, 5.74) is 1.87. The lowest BCUT2D eigenvalue weighted by Crippen LogP contribution is -2.38. The zero-order valence-electron chi connectivity index (χ0n) is 11.2. The fraction of sp³-hybridized carbons (Fsp3) is 0.250. The summed E-state index contributed by atoms with van der Waals surface area (Å²) in [6, 6.07) is 11.7. The SMILES string of the molecule is CN1CC(Cc2cccc(F)c2)Oc2cc(O)ccc21. The van der Waals surface area contributed by atoms with Crippen LogP contribution < -0.4 is 9.64 Å². The maximum atomic E-state index is 13.2. The number of fused-ring (bicyclic) bond motifs is 1. The number of benzene rings is 2. The minimum Gasteiger partial charge on any atom is -0.508 e. The normalized spacial score (nSPS) is 17.5. The Bertz CT molecular complexity index is 630. The van der Waals surface area contributed by atoms with Crippen LogP contribution in [0, 0.1) is 5.82 Å². The Kier molecular flexibility index (Phi) is 3.22. The van der Waals surface area contributed by atoms with Gasteiger partial charge < -0.3 is 14.7 Å². The van der Waals surface area contributed by atoms with Gasteiger partial charge in [0, 0.05) is 19.5 Å². The number of hydrogen-bond donors (Lipinski definition) is 1. The van der Waals surface area contributed by atoms with Crippen LogP contribution in [-0.4, -0.2) is 24.8 Å². The molecule has 1 atom stereocenters. The maximum absolute atomic E-state index is 13.2. The van der Waals surface area contributed by atoms with Gasteiger partial charge in [-0.3, -0.25) is 0 Å². The number of aromatic hydroxyl groups is 1. The van der Waals surface area contributed by atoms with Crippen LogP contribution in [0.2, 0.25) is 0 Å². The first-order chi connectivity index (χ1) is 9.61. The molecule has 1 aliphatic heterocycles. The highest BCUT2D eigenvalue weighted by molar-refractivity contribution is 5.62. The monoisotopic (exact) mass is 273 g/mol. The van der Waals surface area contributed by atoms with Gasteiger partial charge in [0.1, 0.15) is 23.4 Å². The molecule has 2 aromatic carbocycles. The molecule has 0 aromatic heterocycles. The van der Waals surface area contributed by atoms with E-state index in [4.69, 9.17) is 4.74 Å². The Morgan fingerprint density at radius 3 is 2.95 bits per heavy atom. The quantitative estimate of drug-likeness (QED) is 0.913. The van der Waals surface area contributed by atoms with Crippen molar-refractivity contribution >= 4 is 5.69 Å². The third-order valence-corrected chi connectivity index (χ3v) is 3.48. The van der Waals surface area contributed by atoms with Crippen molar-refractivity contribution in [1.29, 1.82) is 0 Å². The molecule has 104 valence electrons. The number of ether oxygens (including phenoxy) is 1. The number of phenolic OH excluding ortho intramolecular Hbond substituents is 1. The van der Waals surface area contributed by atoms with E-state index in [-0.39, 0.29) is 17.7 Å². The summed E-state index contributed by atoms with van der Waals surface area (Å²) in [4.78, 5) is 2.09. The van der Waals surface area contributed by atoms with Crippen molar-refractivity contribution in [3.63, 3.8) is 0 Å². The molecule has 1 heterocycles. The molecule has 0 amide bonds. The van der Waals surface area contributed by atoms with E-state index in [1.54, 1.807) is 18.2 Å². The third kappa shape index (κ3) is 2.54. The largest absolute Gasteiger partial charge is 0.508 e. The Morgan fingerprint density at radius 1 is 1.30 bits per heavy atom. The van der Waals surface area contributed by atoms with Gasteiger partial charge in [0.2, 0.25) is 0 Å². The maximum Gasteiger partial charge on any atom is 0.146 e. The summed E-state index contributed by atoms with van der Waals surface area (Å²) in [5, 5.41) is 9.54. The highest BCUT2D eigenvalue weighted by atomic mass is 19.1. The van der Waals surface area contributed by atoms with Crippen molar-refractivity contribution in [2.45, 2.75) is 12.5 Å². The summed E-state index contributed by atoms with van der Waals surface area (Å²) < 4.78 is 19.1. The van der Waals surface area contributed by atoms with Gasteiger partial charge in [-0.15, -0.1) is 0 Å². The second-order valence-corrected chi connectivity index (χ2v) is 5.11. The fourth-order valence-corrected chi connectivity index (χ4v) is 2.57. The molecule has 2 aromatic rings. The molecular formula is C16H16FNO2. The number of anilines is 1. The van der Waals surface area contributed by atoms with E-state index in [1.165, 1.54) is 12.1 Å². The number of hydrogen-bond acceptors (Lipinski definition) is 3. The third-order valence-electron chi connectivity index (χ3n) is 3.48. The highest BCUT2D eigenvalue weighted by Crippen LogP contribution is 2.35. The van der Waals surface area contributed by atoms with Crippen molar-refractivity contribution in [2.24, 2.45) is 0 Å². The van der Waals surface area contributed by atoms with Gasteiger partial charge in [-0.05, 0) is 29.8 Å². The number of likely N-dealkylation sites (N-methyl/N-ethyl adjacent to an activating group) is 1. The second kappa shape index (κ2) is 5.04.